The summed E-state index contributed by atoms with van der Waals surface area (Å²) in [4.78, 5) is 16.7. The maximum atomic E-state index is 12.5. The SMILES string of the molecule is COc1ccc(OC)c(C(=O)COc2c(Cl)c(C)nc(C)c2Cl)c1. The molecule has 2 rings (SSSR count). The standard InChI is InChI=1S/C17H17Cl2NO4/c1-9-15(18)17(16(19)10(2)20-9)24-8-13(21)12-7-11(22-3)5-6-14(12)23-4/h5-7H,8H2,1-4H3. The zero-order chi connectivity index (χ0) is 17.9. The van der Waals surface area contributed by atoms with Crippen molar-refractivity contribution in [3.8, 4) is 17.2 Å². The van der Waals surface area contributed by atoms with Crippen molar-refractivity contribution in [1.29, 1.82) is 0 Å². The molecule has 0 unspecified atom stereocenters. The Hall–Kier alpha value is -1.98. The molecule has 2 aromatic rings. The van der Waals surface area contributed by atoms with E-state index in [1.54, 1.807) is 32.0 Å². The maximum Gasteiger partial charge on any atom is 0.204 e. The van der Waals surface area contributed by atoms with E-state index in [4.69, 9.17) is 37.4 Å². The number of aromatic nitrogens is 1. The summed E-state index contributed by atoms with van der Waals surface area (Å²) < 4.78 is 15.9. The van der Waals surface area contributed by atoms with Crippen LogP contribution in [0.2, 0.25) is 10.0 Å². The number of carbonyl (C=O) groups is 1. The molecule has 0 aliphatic carbocycles. The van der Waals surface area contributed by atoms with Gasteiger partial charge in [-0.2, -0.15) is 0 Å². The van der Waals surface area contributed by atoms with Gasteiger partial charge in [-0.25, -0.2) is 0 Å². The summed E-state index contributed by atoms with van der Waals surface area (Å²) in [5, 5.41) is 0.576. The van der Waals surface area contributed by atoms with Crippen LogP contribution < -0.4 is 14.2 Å². The minimum absolute atomic E-state index is 0.244. The summed E-state index contributed by atoms with van der Waals surface area (Å²) in [5.41, 5.74) is 1.52. The molecule has 0 aliphatic rings. The van der Waals surface area contributed by atoms with E-state index < -0.39 is 0 Å². The summed E-state index contributed by atoms with van der Waals surface area (Å²) in [7, 11) is 3.01. The second-order valence-electron chi connectivity index (χ2n) is 5.02. The molecule has 5 nitrogen and oxygen atoms in total. The summed E-state index contributed by atoms with van der Waals surface area (Å²) in [6.45, 7) is 3.24. The largest absolute Gasteiger partial charge is 0.497 e. The van der Waals surface area contributed by atoms with Crippen molar-refractivity contribution in [3.63, 3.8) is 0 Å². The number of rotatable bonds is 6. The van der Waals surface area contributed by atoms with Crippen LogP contribution in [0.15, 0.2) is 18.2 Å². The number of halogens is 2. The van der Waals surface area contributed by atoms with Crippen LogP contribution in [0, 0.1) is 13.8 Å². The smallest absolute Gasteiger partial charge is 0.204 e. The maximum absolute atomic E-state index is 12.5. The molecule has 0 bridgehead atoms. The number of pyridine rings is 1. The van der Waals surface area contributed by atoms with Gasteiger partial charge in [0, 0.05) is 0 Å². The summed E-state index contributed by atoms with van der Waals surface area (Å²) in [6, 6.07) is 4.96. The average molecular weight is 370 g/mol. The molecule has 128 valence electrons. The monoisotopic (exact) mass is 369 g/mol. The highest BCUT2D eigenvalue weighted by Crippen LogP contribution is 2.36. The van der Waals surface area contributed by atoms with Crippen LogP contribution in [0.4, 0.5) is 0 Å². The van der Waals surface area contributed by atoms with E-state index in [0.717, 1.165) is 0 Å². The highest BCUT2D eigenvalue weighted by atomic mass is 35.5. The molecular formula is C17H17Cl2NO4. The molecule has 0 amide bonds. The Labute approximate surface area is 150 Å². The molecule has 0 aliphatic heterocycles. The van der Waals surface area contributed by atoms with E-state index in [0.29, 0.717) is 28.5 Å². The number of ether oxygens (including phenoxy) is 3. The number of benzene rings is 1. The number of hydrogen-bond acceptors (Lipinski definition) is 5. The number of methoxy groups -OCH3 is 2. The predicted octanol–water partition coefficient (Wildman–Crippen LogP) is 4.28. The summed E-state index contributed by atoms with van der Waals surface area (Å²) in [6.07, 6.45) is 0. The van der Waals surface area contributed by atoms with Crippen LogP contribution in [0.25, 0.3) is 0 Å². The second-order valence-corrected chi connectivity index (χ2v) is 5.77. The van der Waals surface area contributed by atoms with Gasteiger partial charge in [-0.1, -0.05) is 23.2 Å². The number of carbonyl (C=O) groups excluding carboxylic acids is 1. The highest BCUT2D eigenvalue weighted by Gasteiger charge is 2.18. The number of Topliss-reactive ketones (excluding diaryl/α,β-unsaturated/α-hetero) is 1. The van der Waals surface area contributed by atoms with Gasteiger partial charge in [0.1, 0.15) is 21.5 Å². The number of aryl methyl sites for hydroxylation is 2. The molecule has 0 atom stereocenters. The minimum atomic E-state index is -0.287. The highest BCUT2D eigenvalue weighted by molar-refractivity contribution is 6.37. The molecule has 0 fully saturated rings. The lowest BCUT2D eigenvalue weighted by atomic mass is 10.1. The molecular weight excluding hydrogens is 353 g/mol. The van der Waals surface area contributed by atoms with Crippen LogP contribution in [0.3, 0.4) is 0 Å². The fourth-order valence-corrected chi connectivity index (χ4v) is 2.58. The Morgan fingerprint density at radius 1 is 1.08 bits per heavy atom. The van der Waals surface area contributed by atoms with E-state index in [-0.39, 0.29) is 28.2 Å². The van der Waals surface area contributed by atoms with Crippen LogP contribution in [0.5, 0.6) is 17.2 Å². The topological polar surface area (TPSA) is 57.7 Å². The first kappa shape index (κ1) is 18.4. The molecule has 24 heavy (non-hydrogen) atoms. The van der Waals surface area contributed by atoms with E-state index >= 15 is 0 Å². The first-order valence-electron chi connectivity index (χ1n) is 7.09. The van der Waals surface area contributed by atoms with Gasteiger partial charge in [-0.15, -0.1) is 0 Å². The van der Waals surface area contributed by atoms with Gasteiger partial charge in [-0.3, -0.25) is 9.78 Å². The lowest BCUT2D eigenvalue weighted by Gasteiger charge is -2.14. The first-order valence-corrected chi connectivity index (χ1v) is 7.84. The molecule has 1 aromatic carbocycles. The van der Waals surface area contributed by atoms with Crippen LogP contribution in [-0.2, 0) is 0 Å². The Balaban J connectivity index is 2.26. The third-order valence-electron chi connectivity index (χ3n) is 3.42. The molecule has 7 heteroatoms. The van der Waals surface area contributed by atoms with Gasteiger partial charge < -0.3 is 14.2 Å². The van der Waals surface area contributed by atoms with E-state index in [1.807, 2.05) is 0 Å². The zero-order valence-electron chi connectivity index (χ0n) is 13.8. The number of ketones is 1. The van der Waals surface area contributed by atoms with Gasteiger partial charge in [0.15, 0.2) is 12.4 Å². The van der Waals surface area contributed by atoms with Crippen LogP contribution >= 0.6 is 23.2 Å². The third-order valence-corrected chi connectivity index (χ3v) is 4.31. The molecule has 1 aromatic heterocycles. The fourth-order valence-electron chi connectivity index (χ4n) is 2.15. The van der Waals surface area contributed by atoms with Crippen molar-refractivity contribution in [2.75, 3.05) is 20.8 Å². The molecule has 0 N–H and O–H groups in total. The first-order chi connectivity index (χ1) is 11.4. The average Bonchev–Trinajstić information content (AvgIpc) is 2.59. The molecule has 0 spiro atoms. The Morgan fingerprint density at radius 3 is 2.25 bits per heavy atom. The van der Waals surface area contributed by atoms with Crippen molar-refractivity contribution in [3.05, 3.63) is 45.2 Å². The van der Waals surface area contributed by atoms with Crippen molar-refractivity contribution >= 4 is 29.0 Å². The quantitative estimate of drug-likeness (QED) is 0.711. The third kappa shape index (κ3) is 3.74. The number of hydrogen-bond donors (Lipinski definition) is 0. The predicted molar refractivity (Wildman–Crippen MR) is 93.1 cm³/mol. The summed E-state index contributed by atoms with van der Waals surface area (Å²) >= 11 is 12.4. The van der Waals surface area contributed by atoms with Crippen molar-refractivity contribution < 1.29 is 19.0 Å². The summed E-state index contributed by atoms with van der Waals surface area (Å²) in [5.74, 6) is 0.943. The van der Waals surface area contributed by atoms with Crippen molar-refractivity contribution in [1.82, 2.24) is 4.98 Å². The lowest BCUT2D eigenvalue weighted by Crippen LogP contribution is -2.14. The Morgan fingerprint density at radius 2 is 1.71 bits per heavy atom. The Kier molecular flexibility index (Phi) is 5.91. The van der Waals surface area contributed by atoms with Crippen molar-refractivity contribution in [2.45, 2.75) is 13.8 Å². The lowest BCUT2D eigenvalue weighted by molar-refractivity contribution is 0.0918. The second kappa shape index (κ2) is 7.73. The molecule has 0 saturated carbocycles. The Bertz CT molecular complexity index is 751. The van der Waals surface area contributed by atoms with E-state index in [2.05, 4.69) is 4.98 Å². The fraction of sp³-hybridized carbons (Fsp3) is 0.294. The van der Waals surface area contributed by atoms with E-state index in [1.165, 1.54) is 14.2 Å². The van der Waals surface area contributed by atoms with Crippen LogP contribution in [0.1, 0.15) is 21.7 Å². The van der Waals surface area contributed by atoms with Gasteiger partial charge in [0.2, 0.25) is 5.78 Å². The van der Waals surface area contributed by atoms with Crippen molar-refractivity contribution in [2.24, 2.45) is 0 Å². The minimum Gasteiger partial charge on any atom is -0.497 e. The normalized spacial score (nSPS) is 10.4. The molecule has 1 heterocycles. The zero-order valence-corrected chi connectivity index (χ0v) is 15.3. The van der Waals surface area contributed by atoms with Gasteiger partial charge in [0.05, 0.1) is 31.2 Å². The van der Waals surface area contributed by atoms with Gasteiger partial charge in [-0.05, 0) is 32.0 Å². The van der Waals surface area contributed by atoms with E-state index in [9.17, 15) is 4.79 Å². The van der Waals surface area contributed by atoms with Crippen LogP contribution in [-0.4, -0.2) is 31.6 Å². The number of nitrogens with zero attached hydrogens (tertiary/aromatic N) is 1. The molecule has 0 saturated heterocycles. The van der Waals surface area contributed by atoms with Gasteiger partial charge in [0.25, 0.3) is 0 Å². The van der Waals surface area contributed by atoms with Gasteiger partial charge >= 0.3 is 0 Å². The molecule has 0 radical (unpaired) electrons.